The Morgan fingerprint density at radius 2 is 2.07 bits per heavy atom. The molecule has 0 spiro atoms. The van der Waals surface area contributed by atoms with E-state index in [2.05, 4.69) is 5.32 Å². The smallest absolute Gasteiger partial charge is 0.307 e. The van der Waals surface area contributed by atoms with Crippen LogP contribution in [0, 0.1) is 0 Å². The lowest BCUT2D eigenvalue weighted by atomic mass is 10.0. The number of benzene rings is 1. The van der Waals surface area contributed by atoms with Crippen molar-refractivity contribution < 1.29 is 34.3 Å². The van der Waals surface area contributed by atoms with Crippen LogP contribution in [0.15, 0.2) is 30.3 Å². The van der Waals surface area contributed by atoms with Crippen LogP contribution >= 0.6 is 0 Å². The van der Waals surface area contributed by atoms with Gasteiger partial charge in [0.25, 0.3) is 0 Å². The fraction of sp³-hybridized carbons (Fsp3) is 0.650. The fourth-order valence-electron chi connectivity index (χ4n) is 2.83. The number of rotatable bonds is 11. The van der Waals surface area contributed by atoms with Gasteiger partial charge < -0.3 is 34.8 Å². The summed E-state index contributed by atoms with van der Waals surface area (Å²) in [5.41, 5.74) is 0.765. The summed E-state index contributed by atoms with van der Waals surface area (Å²) in [7, 11) is 0. The van der Waals surface area contributed by atoms with Crippen molar-refractivity contribution in [1.82, 2.24) is 5.32 Å². The summed E-state index contributed by atoms with van der Waals surface area (Å²) in [5.74, 6) is -0.301. The van der Waals surface area contributed by atoms with Gasteiger partial charge in [-0.25, -0.2) is 0 Å². The number of ether oxygens (including phenoxy) is 3. The van der Waals surface area contributed by atoms with Gasteiger partial charge in [-0.3, -0.25) is 4.79 Å². The Morgan fingerprint density at radius 1 is 1.32 bits per heavy atom. The van der Waals surface area contributed by atoms with Crippen LogP contribution in [0.3, 0.4) is 0 Å². The molecule has 5 atom stereocenters. The van der Waals surface area contributed by atoms with E-state index in [1.807, 2.05) is 37.3 Å². The molecule has 0 aliphatic carbocycles. The normalized spacial score (nSPS) is 24.5. The first-order valence-electron chi connectivity index (χ1n) is 9.75. The van der Waals surface area contributed by atoms with Gasteiger partial charge in [-0.2, -0.15) is 0 Å². The second-order valence-electron chi connectivity index (χ2n) is 6.83. The van der Waals surface area contributed by atoms with E-state index in [1.165, 1.54) is 0 Å². The first-order valence-corrected chi connectivity index (χ1v) is 9.75. The molecule has 1 saturated heterocycles. The molecule has 8 heteroatoms. The second kappa shape index (κ2) is 12.1. The lowest BCUT2D eigenvalue weighted by molar-refractivity contribution is -0.282. The molecule has 0 radical (unpaired) electrons. The van der Waals surface area contributed by atoms with Crippen LogP contribution < -0.4 is 5.32 Å². The number of aliphatic hydroxyl groups excluding tert-OH is 3. The molecule has 1 aromatic rings. The SMILES string of the molecule is CCCCOC(=O)CCNC[C@H](O)[C@@H](O)[C@@H]1O[C@H](c2ccccc2)OC[C@H]1O. The van der Waals surface area contributed by atoms with Gasteiger partial charge in [-0.05, 0) is 6.42 Å². The number of unbranched alkanes of at least 4 members (excludes halogenated alkanes) is 1. The second-order valence-corrected chi connectivity index (χ2v) is 6.83. The van der Waals surface area contributed by atoms with Crippen LogP contribution in [0.4, 0.5) is 0 Å². The minimum Gasteiger partial charge on any atom is -0.466 e. The molecule has 28 heavy (non-hydrogen) atoms. The quantitative estimate of drug-likeness (QED) is 0.315. The van der Waals surface area contributed by atoms with Crippen LogP contribution in [0.2, 0.25) is 0 Å². The van der Waals surface area contributed by atoms with E-state index < -0.39 is 30.7 Å². The standard InChI is InChI=1S/C20H31NO7/c1-2-3-11-26-17(24)9-10-21-12-15(22)18(25)19-16(23)13-27-20(28-19)14-7-5-4-6-8-14/h4-8,15-16,18-23,25H,2-3,9-13H2,1H3/t15-,16+,18+,19+,20+/m0/s1. The molecule has 1 aliphatic rings. The van der Waals surface area contributed by atoms with Crippen molar-refractivity contribution in [1.29, 1.82) is 0 Å². The van der Waals surface area contributed by atoms with Gasteiger partial charge in [-0.1, -0.05) is 43.7 Å². The number of hydrogen-bond donors (Lipinski definition) is 4. The van der Waals surface area contributed by atoms with Crippen molar-refractivity contribution in [3.05, 3.63) is 35.9 Å². The monoisotopic (exact) mass is 397 g/mol. The highest BCUT2D eigenvalue weighted by Gasteiger charge is 2.39. The van der Waals surface area contributed by atoms with Gasteiger partial charge in [0.05, 0.1) is 25.7 Å². The summed E-state index contributed by atoms with van der Waals surface area (Å²) < 4.78 is 16.2. The molecule has 2 rings (SSSR count). The predicted octanol–water partition coefficient (Wildman–Crippen LogP) is 0.506. The maximum atomic E-state index is 11.5. The van der Waals surface area contributed by atoms with Crippen LogP contribution in [0.25, 0.3) is 0 Å². The van der Waals surface area contributed by atoms with Crippen molar-refractivity contribution in [3.8, 4) is 0 Å². The van der Waals surface area contributed by atoms with E-state index >= 15 is 0 Å². The van der Waals surface area contributed by atoms with E-state index in [4.69, 9.17) is 14.2 Å². The molecular weight excluding hydrogens is 366 g/mol. The van der Waals surface area contributed by atoms with Crippen molar-refractivity contribution in [2.45, 2.75) is 56.9 Å². The van der Waals surface area contributed by atoms with Crippen LogP contribution in [0.1, 0.15) is 38.0 Å². The van der Waals surface area contributed by atoms with E-state index in [1.54, 1.807) is 0 Å². The summed E-state index contributed by atoms with van der Waals surface area (Å²) in [6.07, 6.45) is -3.28. The Labute approximate surface area is 165 Å². The Kier molecular flexibility index (Phi) is 9.83. The molecule has 1 fully saturated rings. The topological polar surface area (TPSA) is 117 Å². The highest BCUT2D eigenvalue weighted by Crippen LogP contribution is 2.28. The molecule has 0 aromatic heterocycles. The maximum Gasteiger partial charge on any atom is 0.307 e. The van der Waals surface area contributed by atoms with Gasteiger partial charge in [0.2, 0.25) is 0 Å². The summed E-state index contributed by atoms with van der Waals surface area (Å²) in [5, 5.41) is 33.6. The number of hydrogen-bond acceptors (Lipinski definition) is 8. The van der Waals surface area contributed by atoms with E-state index in [-0.39, 0.29) is 25.5 Å². The van der Waals surface area contributed by atoms with Gasteiger partial charge in [-0.15, -0.1) is 0 Å². The highest BCUT2D eigenvalue weighted by atomic mass is 16.7. The first kappa shape index (κ1) is 22.7. The van der Waals surface area contributed by atoms with E-state index in [0.717, 1.165) is 18.4 Å². The van der Waals surface area contributed by atoms with Gasteiger partial charge in [0, 0.05) is 18.7 Å². The van der Waals surface area contributed by atoms with Crippen LogP contribution in [-0.2, 0) is 19.0 Å². The number of carbonyl (C=O) groups is 1. The highest BCUT2D eigenvalue weighted by molar-refractivity contribution is 5.69. The molecule has 1 aliphatic heterocycles. The van der Waals surface area contributed by atoms with Gasteiger partial charge in [0.15, 0.2) is 6.29 Å². The zero-order chi connectivity index (χ0) is 20.4. The fourth-order valence-corrected chi connectivity index (χ4v) is 2.83. The molecule has 0 bridgehead atoms. The Hall–Kier alpha value is -1.55. The molecule has 8 nitrogen and oxygen atoms in total. The Morgan fingerprint density at radius 3 is 2.79 bits per heavy atom. The number of nitrogens with one attached hydrogen (secondary N) is 1. The lowest BCUT2D eigenvalue weighted by Crippen LogP contribution is -2.53. The average molecular weight is 397 g/mol. The average Bonchev–Trinajstić information content (AvgIpc) is 2.71. The zero-order valence-electron chi connectivity index (χ0n) is 16.2. The van der Waals surface area contributed by atoms with Crippen LogP contribution in [-0.4, -0.2) is 72.0 Å². The lowest BCUT2D eigenvalue weighted by Gasteiger charge is -2.37. The molecule has 1 aromatic carbocycles. The largest absolute Gasteiger partial charge is 0.466 e. The van der Waals surface area contributed by atoms with Crippen molar-refractivity contribution in [2.24, 2.45) is 0 Å². The molecule has 0 unspecified atom stereocenters. The predicted molar refractivity (Wildman–Crippen MR) is 101 cm³/mol. The first-order chi connectivity index (χ1) is 13.5. The van der Waals surface area contributed by atoms with Crippen molar-refractivity contribution in [3.63, 3.8) is 0 Å². The summed E-state index contributed by atoms with van der Waals surface area (Å²) in [6.45, 7) is 2.79. The minimum atomic E-state index is -1.31. The zero-order valence-corrected chi connectivity index (χ0v) is 16.2. The van der Waals surface area contributed by atoms with Gasteiger partial charge in [0.1, 0.15) is 18.3 Å². The third-order valence-electron chi connectivity index (χ3n) is 4.50. The molecule has 0 amide bonds. The van der Waals surface area contributed by atoms with E-state index in [9.17, 15) is 20.1 Å². The molecule has 0 saturated carbocycles. The Balaban J connectivity index is 1.74. The Bertz CT molecular complexity index is 571. The summed E-state index contributed by atoms with van der Waals surface area (Å²) in [6, 6.07) is 9.18. The third kappa shape index (κ3) is 7.12. The van der Waals surface area contributed by atoms with Gasteiger partial charge >= 0.3 is 5.97 Å². The molecule has 4 N–H and O–H groups in total. The minimum absolute atomic E-state index is 0.00889. The van der Waals surface area contributed by atoms with E-state index in [0.29, 0.717) is 13.2 Å². The molecular formula is C20H31NO7. The number of esters is 1. The number of carbonyl (C=O) groups excluding carboxylic acids is 1. The van der Waals surface area contributed by atoms with Crippen LogP contribution in [0.5, 0.6) is 0 Å². The third-order valence-corrected chi connectivity index (χ3v) is 4.50. The summed E-state index contributed by atoms with van der Waals surface area (Å²) in [4.78, 5) is 11.5. The number of aliphatic hydroxyl groups is 3. The maximum absolute atomic E-state index is 11.5. The summed E-state index contributed by atoms with van der Waals surface area (Å²) >= 11 is 0. The van der Waals surface area contributed by atoms with Crippen molar-refractivity contribution in [2.75, 3.05) is 26.3 Å². The van der Waals surface area contributed by atoms with Crippen molar-refractivity contribution >= 4 is 5.97 Å². The molecule has 1 heterocycles. The molecule has 158 valence electrons.